The van der Waals surface area contributed by atoms with Crippen LogP contribution in [0.25, 0.3) is 0 Å². The Morgan fingerprint density at radius 1 is 0.824 bits per heavy atom. The average molecular weight is 242 g/mol. The molecule has 0 unspecified atom stereocenters. The molecule has 1 nitrogen and oxygen atoms in total. The number of aromatic nitrogens is 1. The van der Waals surface area contributed by atoms with Gasteiger partial charge in [0.2, 0.25) is 0 Å². The molecule has 0 aliphatic heterocycles. The Labute approximate surface area is 115 Å². The maximum atomic E-state index is 5.75. The van der Waals surface area contributed by atoms with Gasteiger partial charge < -0.3 is 0 Å². The fourth-order valence-electron chi connectivity index (χ4n) is 0.313. The summed E-state index contributed by atoms with van der Waals surface area (Å²) in [5.74, 6) is 0. The molecule has 0 spiro atoms. The summed E-state index contributed by atoms with van der Waals surface area (Å²) >= 11 is 0. The Hall–Kier alpha value is -0.785. The van der Waals surface area contributed by atoms with Crippen molar-refractivity contribution in [1.82, 2.24) is 4.98 Å². The summed E-state index contributed by atoms with van der Waals surface area (Å²) in [6.45, 7) is 16.2. The second-order valence-corrected chi connectivity index (χ2v) is 1.73. The molecular formula is C15H35BN. The van der Waals surface area contributed by atoms with Gasteiger partial charge in [-0.05, 0) is 12.1 Å². The lowest BCUT2D eigenvalue weighted by Crippen LogP contribution is -1.58. The van der Waals surface area contributed by atoms with Crippen molar-refractivity contribution in [2.24, 2.45) is 0 Å². The molecule has 3 radical (unpaired) electrons. The molecule has 0 N–H and O–H groups in total. The second kappa shape index (κ2) is 79.6. The molecule has 0 saturated carbocycles. The normalized spacial score (nSPS) is 5.35. The van der Waals surface area contributed by atoms with Crippen LogP contribution in [-0.4, -0.2) is 13.4 Å². The molecule has 1 aromatic rings. The largest absolute Gasteiger partial charge is 0.265 e. The highest BCUT2D eigenvalue weighted by molar-refractivity contribution is 5.75. The van der Waals surface area contributed by atoms with Crippen molar-refractivity contribution < 1.29 is 1.37 Å². The summed E-state index contributed by atoms with van der Waals surface area (Å²) in [5.41, 5.74) is 0. The Morgan fingerprint density at radius 3 is 1.12 bits per heavy atom. The molecule has 103 valence electrons. The van der Waals surface area contributed by atoms with Crippen LogP contribution in [0.1, 0.15) is 70.6 Å². The molecule has 0 bridgehead atoms. The van der Waals surface area contributed by atoms with Gasteiger partial charge in [-0.3, -0.25) is 4.98 Å². The molecule has 1 rings (SSSR count). The van der Waals surface area contributed by atoms with E-state index < -0.39 is 0 Å². The SMILES string of the molecule is CC.CC.CC.CCC.[3H]C.[B].c1ccncc1. The van der Waals surface area contributed by atoms with Gasteiger partial charge in [0.25, 0.3) is 0 Å². The number of hydrogen-bond donors (Lipinski definition) is 0. The molecule has 0 atom stereocenters. The highest BCUT2D eigenvalue weighted by Crippen LogP contribution is 1.73. The van der Waals surface area contributed by atoms with Crippen molar-refractivity contribution >= 4 is 8.41 Å². The van der Waals surface area contributed by atoms with E-state index in [9.17, 15) is 0 Å². The van der Waals surface area contributed by atoms with Crippen LogP contribution in [0.4, 0.5) is 0 Å². The maximum absolute atomic E-state index is 5.75. The zero-order chi connectivity index (χ0) is 14.9. The minimum atomic E-state index is 0. The predicted molar refractivity (Wildman–Crippen MR) is 86.7 cm³/mol. The smallest absolute Gasteiger partial charge is 0.0267 e. The van der Waals surface area contributed by atoms with Crippen LogP contribution in [0.15, 0.2) is 30.6 Å². The third-order valence-corrected chi connectivity index (χ3v) is 0.566. The zero-order valence-electron chi connectivity index (χ0n) is 14.6. The highest BCUT2D eigenvalue weighted by Gasteiger charge is 1.58. The van der Waals surface area contributed by atoms with Crippen molar-refractivity contribution in [3.05, 3.63) is 30.6 Å². The summed E-state index contributed by atoms with van der Waals surface area (Å²) in [6, 6.07) is 5.72. The van der Waals surface area contributed by atoms with Crippen molar-refractivity contribution in [2.75, 3.05) is 0 Å². The van der Waals surface area contributed by atoms with E-state index in [4.69, 9.17) is 1.37 Å². The van der Waals surface area contributed by atoms with Crippen LogP contribution < -0.4 is 0 Å². The topological polar surface area (TPSA) is 12.9 Å². The van der Waals surface area contributed by atoms with Crippen LogP contribution in [0.3, 0.4) is 0 Å². The standard InChI is InChI=1S/C5H5N.C3H8.3C2H6.CH4.B/c1-2-4-6-5-3-1;1-3-2;3*1-2;;/h1-5H;3H2,1-2H3;3*1-2H3;1H4;/i;;;;;1T;. The van der Waals surface area contributed by atoms with Crippen LogP contribution in [0.5, 0.6) is 0 Å². The van der Waals surface area contributed by atoms with E-state index in [1.54, 1.807) is 12.4 Å². The third kappa shape index (κ3) is 97.7. The van der Waals surface area contributed by atoms with E-state index in [0.29, 0.717) is 0 Å². The van der Waals surface area contributed by atoms with E-state index in [0.717, 1.165) is 0 Å². The number of hydrogen-bond acceptors (Lipinski definition) is 1. The Morgan fingerprint density at radius 2 is 1.06 bits per heavy atom. The van der Waals surface area contributed by atoms with Crippen LogP contribution in [0.2, 0.25) is 0 Å². The number of nitrogens with zero attached hydrogens (tertiary/aromatic N) is 1. The van der Waals surface area contributed by atoms with Crippen LogP contribution in [-0.2, 0) is 0 Å². The van der Waals surface area contributed by atoms with E-state index >= 15 is 0 Å². The van der Waals surface area contributed by atoms with E-state index in [2.05, 4.69) is 18.8 Å². The first kappa shape index (κ1) is 29.8. The molecule has 0 aromatic carbocycles. The van der Waals surface area contributed by atoms with E-state index in [1.165, 1.54) is 13.8 Å². The summed E-state index contributed by atoms with van der Waals surface area (Å²) in [5, 5.41) is 0. The first-order valence-electron chi connectivity index (χ1n) is 7.26. The predicted octanol–water partition coefficient (Wildman–Crippen LogP) is 5.83. The number of pyridine rings is 1. The molecule has 0 amide bonds. The first-order valence-corrected chi connectivity index (χ1v) is 6.26. The minimum absolute atomic E-state index is 0. The molecule has 1 aromatic heterocycles. The molecule has 0 aliphatic rings. The fourth-order valence-corrected chi connectivity index (χ4v) is 0.313. The van der Waals surface area contributed by atoms with Gasteiger partial charge in [-0.2, -0.15) is 0 Å². The zero-order valence-corrected chi connectivity index (χ0v) is 13.6. The molecule has 2 heteroatoms. The van der Waals surface area contributed by atoms with E-state index in [-0.39, 0.29) is 8.41 Å². The highest BCUT2D eigenvalue weighted by atomic mass is 14.6. The molecule has 1 heterocycles. The summed E-state index contributed by atoms with van der Waals surface area (Å²) in [6.07, 6.45) is 4.75. The molecule has 0 fully saturated rings. The quantitative estimate of drug-likeness (QED) is 0.521. The summed E-state index contributed by atoms with van der Waals surface area (Å²) in [7, 11) is 1.25. The van der Waals surface area contributed by atoms with Gasteiger partial charge in [-0.1, -0.05) is 75.3 Å². The van der Waals surface area contributed by atoms with Gasteiger partial charge in [0.1, 0.15) is 0 Å². The lowest BCUT2D eigenvalue weighted by molar-refractivity contribution is 1.09. The fraction of sp³-hybridized carbons (Fsp3) is 0.667. The van der Waals surface area contributed by atoms with Crippen LogP contribution >= 0.6 is 0 Å². The molecule has 0 aliphatic carbocycles. The number of rotatable bonds is 0. The molecule has 0 saturated heterocycles. The van der Waals surface area contributed by atoms with Crippen molar-refractivity contribution in [3.8, 4) is 0 Å². The Bertz CT molecular complexity index is 99.3. The second-order valence-electron chi connectivity index (χ2n) is 1.73. The summed E-state index contributed by atoms with van der Waals surface area (Å²) < 4.78 is 5.75. The van der Waals surface area contributed by atoms with Gasteiger partial charge in [-0.15, -0.1) is 0 Å². The van der Waals surface area contributed by atoms with Gasteiger partial charge in [-0.25, -0.2) is 0 Å². The first-order chi connectivity index (χ1) is 8.41. The average Bonchev–Trinajstić information content (AvgIpc) is 2.50. The Balaban J connectivity index is -0.0000000265. The van der Waals surface area contributed by atoms with Crippen molar-refractivity contribution in [1.29, 1.82) is 0 Å². The molecular weight excluding hydrogens is 205 g/mol. The molecule has 17 heavy (non-hydrogen) atoms. The summed E-state index contributed by atoms with van der Waals surface area (Å²) in [4.78, 5) is 3.78. The van der Waals surface area contributed by atoms with Gasteiger partial charge in [0, 0.05) is 22.2 Å². The van der Waals surface area contributed by atoms with E-state index in [1.807, 2.05) is 59.7 Å². The monoisotopic (exact) mass is 242 g/mol. The minimum Gasteiger partial charge on any atom is -0.265 e. The van der Waals surface area contributed by atoms with Crippen molar-refractivity contribution in [3.63, 3.8) is 0 Å². The van der Waals surface area contributed by atoms with Gasteiger partial charge >= 0.3 is 0 Å². The maximum Gasteiger partial charge on any atom is 0.0267 e. The third-order valence-electron chi connectivity index (χ3n) is 0.566. The van der Waals surface area contributed by atoms with Gasteiger partial charge in [0.05, 0.1) is 0 Å². The van der Waals surface area contributed by atoms with Gasteiger partial charge in [0.15, 0.2) is 0 Å². The Kier molecular flexibility index (Phi) is 140. The lowest BCUT2D eigenvalue weighted by Gasteiger charge is -1.70. The van der Waals surface area contributed by atoms with Crippen molar-refractivity contribution in [2.45, 2.75) is 69.2 Å². The lowest BCUT2D eigenvalue weighted by atomic mass is 10.5. The van der Waals surface area contributed by atoms with Crippen LogP contribution in [0, 0.1) is 0 Å².